The average molecular weight is 476 g/mol. The number of nitrogens with two attached hydrogens (primary N) is 1. The maximum absolute atomic E-state index is 14.1. The summed E-state index contributed by atoms with van der Waals surface area (Å²) < 4.78 is 1.56. The molecular weight excluding hydrogens is 454 g/mol. The summed E-state index contributed by atoms with van der Waals surface area (Å²) in [6.07, 6.45) is 4.75. The van der Waals surface area contributed by atoms with E-state index in [2.05, 4.69) is 31.3 Å². The average Bonchev–Trinajstić information content (AvgIpc) is 2.89. The molecule has 0 aliphatic heterocycles. The Labute approximate surface area is 206 Å². The summed E-state index contributed by atoms with van der Waals surface area (Å²) in [6.45, 7) is 3.64. The predicted octanol–water partition coefficient (Wildman–Crippen LogP) is 3.57. The van der Waals surface area contributed by atoms with Gasteiger partial charge in [0.15, 0.2) is 0 Å². The molecule has 5 rings (SSSR count). The molecule has 36 heavy (non-hydrogen) atoms. The SMILES string of the molecule is Cc1ncc(-c2cccc3nc([C@H](C)Nc4nc(N)ncc4C#N)n(-c4ccccc4)c(=O)c23)cn1. The fourth-order valence-electron chi connectivity index (χ4n) is 3.99. The molecule has 0 aliphatic carbocycles. The van der Waals surface area contributed by atoms with E-state index in [-0.39, 0.29) is 22.9 Å². The molecule has 3 N–H and O–H groups in total. The molecule has 3 aromatic heterocycles. The fourth-order valence-corrected chi connectivity index (χ4v) is 3.99. The van der Waals surface area contributed by atoms with Gasteiger partial charge in [0.2, 0.25) is 5.95 Å². The highest BCUT2D eigenvalue weighted by Crippen LogP contribution is 2.28. The van der Waals surface area contributed by atoms with Crippen LogP contribution in [0.3, 0.4) is 0 Å². The molecule has 0 spiro atoms. The van der Waals surface area contributed by atoms with E-state index >= 15 is 0 Å². The largest absolute Gasteiger partial charge is 0.368 e. The summed E-state index contributed by atoms with van der Waals surface area (Å²) in [5, 5.41) is 13.1. The van der Waals surface area contributed by atoms with Gasteiger partial charge in [0, 0.05) is 18.0 Å². The lowest BCUT2D eigenvalue weighted by Crippen LogP contribution is -2.28. The minimum atomic E-state index is -0.518. The summed E-state index contributed by atoms with van der Waals surface area (Å²) in [5.74, 6) is 1.37. The Kier molecular flexibility index (Phi) is 5.80. The molecule has 0 aliphatic rings. The van der Waals surface area contributed by atoms with Crippen LogP contribution in [0.2, 0.25) is 0 Å². The Hall–Kier alpha value is -5.17. The number of para-hydroxylation sites is 1. The van der Waals surface area contributed by atoms with E-state index in [0.717, 1.165) is 5.56 Å². The zero-order chi connectivity index (χ0) is 25.2. The maximum Gasteiger partial charge on any atom is 0.266 e. The molecule has 5 aromatic rings. The highest BCUT2D eigenvalue weighted by molar-refractivity contribution is 5.94. The van der Waals surface area contributed by atoms with E-state index in [9.17, 15) is 10.1 Å². The quantitative estimate of drug-likeness (QED) is 0.389. The first-order chi connectivity index (χ1) is 17.5. The van der Waals surface area contributed by atoms with Gasteiger partial charge >= 0.3 is 0 Å². The van der Waals surface area contributed by atoms with Gasteiger partial charge in [-0.2, -0.15) is 10.2 Å². The van der Waals surface area contributed by atoms with Crippen molar-refractivity contribution in [3.63, 3.8) is 0 Å². The van der Waals surface area contributed by atoms with Gasteiger partial charge in [0.25, 0.3) is 5.56 Å². The molecule has 2 aromatic carbocycles. The van der Waals surface area contributed by atoms with E-state index in [1.807, 2.05) is 49.4 Å². The Bertz CT molecular complexity index is 1670. The van der Waals surface area contributed by atoms with Crippen molar-refractivity contribution < 1.29 is 0 Å². The number of hydrogen-bond donors (Lipinski definition) is 2. The first-order valence-corrected chi connectivity index (χ1v) is 11.2. The van der Waals surface area contributed by atoms with Crippen molar-refractivity contribution >= 4 is 22.7 Å². The second-order valence-electron chi connectivity index (χ2n) is 8.13. The molecule has 1 atom stereocenters. The standard InChI is InChI=1S/C26H21N9O/c1-15(32-23-17(11-27)12-31-26(28)34-23)24-33-21-10-6-9-20(18-13-29-16(2)30-14-18)22(21)25(36)35(24)19-7-4-3-5-8-19/h3-10,12-15H,1-2H3,(H3,28,31,32,34)/t15-/m0/s1. The van der Waals surface area contributed by atoms with Crippen molar-refractivity contribution in [1.29, 1.82) is 5.26 Å². The van der Waals surface area contributed by atoms with E-state index < -0.39 is 6.04 Å². The molecule has 10 nitrogen and oxygen atoms in total. The Morgan fingerprint density at radius 1 is 1.00 bits per heavy atom. The number of nitrogens with one attached hydrogen (secondary N) is 1. The number of nitrogens with zero attached hydrogens (tertiary/aromatic N) is 7. The smallest absolute Gasteiger partial charge is 0.266 e. The van der Waals surface area contributed by atoms with Crippen molar-refractivity contribution in [1.82, 2.24) is 29.5 Å². The lowest BCUT2D eigenvalue weighted by Gasteiger charge is -2.21. The van der Waals surface area contributed by atoms with Gasteiger partial charge in [-0.1, -0.05) is 30.3 Å². The lowest BCUT2D eigenvalue weighted by atomic mass is 10.0. The van der Waals surface area contributed by atoms with Crippen LogP contribution >= 0.6 is 0 Å². The summed E-state index contributed by atoms with van der Waals surface area (Å²) >= 11 is 0. The maximum atomic E-state index is 14.1. The molecule has 0 amide bonds. The molecule has 10 heteroatoms. The lowest BCUT2D eigenvalue weighted by molar-refractivity contribution is 0.730. The highest BCUT2D eigenvalue weighted by Gasteiger charge is 2.21. The molecule has 0 bridgehead atoms. The van der Waals surface area contributed by atoms with Crippen molar-refractivity contribution in [3.05, 3.63) is 94.7 Å². The molecular formula is C26H21N9O. The predicted molar refractivity (Wildman–Crippen MR) is 136 cm³/mol. The van der Waals surface area contributed by atoms with E-state index in [1.54, 1.807) is 30.0 Å². The monoisotopic (exact) mass is 475 g/mol. The number of nitrogen functional groups attached to an aromatic ring is 1. The summed E-state index contributed by atoms with van der Waals surface area (Å²) in [4.78, 5) is 35.6. The summed E-state index contributed by atoms with van der Waals surface area (Å²) in [7, 11) is 0. The number of fused-ring (bicyclic) bond motifs is 1. The number of nitriles is 1. The summed E-state index contributed by atoms with van der Waals surface area (Å²) in [5.41, 5.74) is 8.32. The third-order valence-corrected chi connectivity index (χ3v) is 5.70. The van der Waals surface area contributed by atoms with Crippen molar-refractivity contribution in [2.45, 2.75) is 19.9 Å². The second-order valence-corrected chi connectivity index (χ2v) is 8.13. The minimum Gasteiger partial charge on any atom is -0.368 e. The first-order valence-electron chi connectivity index (χ1n) is 11.2. The minimum absolute atomic E-state index is 0.0283. The van der Waals surface area contributed by atoms with Gasteiger partial charge in [-0.05, 0) is 37.6 Å². The van der Waals surface area contributed by atoms with Crippen LogP contribution in [0.25, 0.3) is 27.7 Å². The first kappa shape index (κ1) is 22.6. The van der Waals surface area contributed by atoms with E-state index in [4.69, 9.17) is 10.7 Å². The van der Waals surface area contributed by atoms with Crippen molar-refractivity contribution in [2.24, 2.45) is 0 Å². The van der Waals surface area contributed by atoms with E-state index in [1.165, 1.54) is 6.20 Å². The van der Waals surface area contributed by atoms with Crippen molar-refractivity contribution in [3.8, 4) is 22.9 Å². The topological polar surface area (TPSA) is 148 Å². The van der Waals surface area contributed by atoms with E-state index in [0.29, 0.717) is 33.8 Å². The van der Waals surface area contributed by atoms with Gasteiger partial charge in [-0.3, -0.25) is 9.36 Å². The molecule has 0 saturated carbocycles. The fraction of sp³-hybridized carbons (Fsp3) is 0.115. The van der Waals surface area contributed by atoms with Crippen LogP contribution in [0.4, 0.5) is 11.8 Å². The van der Waals surface area contributed by atoms with Gasteiger partial charge < -0.3 is 11.1 Å². The number of rotatable bonds is 5. The molecule has 0 radical (unpaired) electrons. The Balaban J connectivity index is 1.74. The number of benzene rings is 2. The van der Waals surface area contributed by atoms with Crippen LogP contribution in [0.5, 0.6) is 0 Å². The van der Waals surface area contributed by atoms with Crippen LogP contribution in [0.15, 0.2) is 71.9 Å². The second kappa shape index (κ2) is 9.23. The van der Waals surface area contributed by atoms with Gasteiger partial charge in [-0.15, -0.1) is 0 Å². The van der Waals surface area contributed by atoms with Gasteiger partial charge in [-0.25, -0.2) is 19.9 Å². The van der Waals surface area contributed by atoms with Gasteiger partial charge in [0.05, 0.1) is 28.8 Å². The molecule has 0 fully saturated rings. The summed E-state index contributed by atoms with van der Waals surface area (Å²) in [6, 6.07) is 16.3. The third-order valence-electron chi connectivity index (χ3n) is 5.70. The Morgan fingerprint density at radius 3 is 2.47 bits per heavy atom. The molecule has 176 valence electrons. The zero-order valence-electron chi connectivity index (χ0n) is 19.5. The van der Waals surface area contributed by atoms with Crippen LogP contribution in [-0.4, -0.2) is 29.5 Å². The number of aromatic nitrogens is 6. The molecule has 0 unspecified atom stereocenters. The van der Waals surface area contributed by atoms with Gasteiger partial charge in [0.1, 0.15) is 29.1 Å². The van der Waals surface area contributed by atoms with Crippen LogP contribution < -0.4 is 16.6 Å². The normalized spacial score (nSPS) is 11.7. The highest BCUT2D eigenvalue weighted by atomic mass is 16.1. The Morgan fingerprint density at radius 2 is 1.75 bits per heavy atom. The third kappa shape index (κ3) is 4.10. The van der Waals surface area contributed by atoms with Crippen LogP contribution in [0, 0.1) is 18.3 Å². The number of aryl methyl sites for hydroxylation is 1. The van der Waals surface area contributed by atoms with Crippen molar-refractivity contribution in [2.75, 3.05) is 11.1 Å². The molecule has 0 saturated heterocycles. The zero-order valence-corrected chi connectivity index (χ0v) is 19.5. The van der Waals surface area contributed by atoms with Crippen LogP contribution in [-0.2, 0) is 0 Å². The number of anilines is 2. The molecule has 3 heterocycles. The van der Waals surface area contributed by atoms with Crippen LogP contribution in [0.1, 0.15) is 30.2 Å². The number of hydrogen-bond acceptors (Lipinski definition) is 9.